The summed E-state index contributed by atoms with van der Waals surface area (Å²) in [6.45, 7) is 5.41. The van der Waals surface area contributed by atoms with Gasteiger partial charge in [-0.2, -0.15) is 0 Å². The molecule has 0 radical (unpaired) electrons. The van der Waals surface area contributed by atoms with E-state index in [-0.39, 0.29) is 12.6 Å². The van der Waals surface area contributed by atoms with Gasteiger partial charge >= 0.3 is 0 Å². The second-order valence-electron chi connectivity index (χ2n) is 7.93. The van der Waals surface area contributed by atoms with Crippen molar-refractivity contribution in [2.24, 2.45) is 0 Å². The molecular weight excluding hydrogens is 412 g/mol. The van der Waals surface area contributed by atoms with Crippen molar-refractivity contribution in [1.29, 1.82) is 0 Å². The van der Waals surface area contributed by atoms with Crippen LogP contribution in [0.4, 0.5) is 5.69 Å². The molecule has 1 heterocycles. The van der Waals surface area contributed by atoms with Crippen LogP contribution in [0.5, 0.6) is 5.75 Å². The Morgan fingerprint density at radius 3 is 2.62 bits per heavy atom. The van der Waals surface area contributed by atoms with Gasteiger partial charge in [-0.25, -0.2) is 8.42 Å². The van der Waals surface area contributed by atoms with Crippen molar-refractivity contribution in [3.05, 3.63) is 58.6 Å². The highest BCUT2D eigenvalue weighted by atomic mass is 35.5. The van der Waals surface area contributed by atoms with E-state index in [4.69, 9.17) is 16.3 Å². The summed E-state index contributed by atoms with van der Waals surface area (Å²) in [6, 6.07) is 12.2. The SMILES string of the molecule is Cc1ccc(N(CC(=O)N[C@H]2CC(C)(C)Oc3ccccc32)S(C)(=O)=O)cc1Cl. The van der Waals surface area contributed by atoms with Crippen LogP contribution in [0.1, 0.15) is 37.4 Å². The van der Waals surface area contributed by atoms with Crippen LogP contribution < -0.4 is 14.4 Å². The van der Waals surface area contributed by atoms with Crippen molar-refractivity contribution >= 4 is 33.2 Å². The number of carbonyl (C=O) groups excluding carboxylic acids is 1. The summed E-state index contributed by atoms with van der Waals surface area (Å²) in [5.41, 5.74) is 1.61. The maximum absolute atomic E-state index is 12.8. The Bertz CT molecular complexity index is 1040. The Kier molecular flexibility index (Phi) is 5.83. The summed E-state index contributed by atoms with van der Waals surface area (Å²) >= 11 is 6.15. The Hall–Kier alpha value is -2.25. The number of fused-ring (bicyclic) bond motifs is 1. The first kappa shape index (κ1) is 21.5. The summed E-state index contributed by atoms with van der Waals surface area (Å²) in [5, 5.41) is 3.41. The Labute approximate surface area is 176 Å². The highest BCUT2D eigenvalue weighted by Gasteiger charge is 2.34. The van der Waals surface area contributed by atoms with Gasteiger partial charge in [0.1, 0.15) is 17.9 Å². The predicted octanol–water partition coefficient (Wildman–Crippen LogP) is 3.83. The van der Waals surface area contributed by atoms with Crippen molar-refractivity contribution in [3.8, 4) is 5.75 Å². The maximum Gasteiger partial charge on any atom is 0.241 e. The third-order valence-electron chi connectivity index (χ3n) is 4.84. The van der Waals surface area contributed by atoms with Crippen LogP contribution in [0.3, 0.4) is 0 Å². The lowest BCUT2D eigenvalue weighted by Crippen LogP contribution is -2.45. The van der Waals surface area contributed by atoms with Gasteiger partial charge in [0.2, 0.25) is 15.9 Å². The van der Waals surface area contributed by atoms with Gasteiger partial charge in [0.05, 0.1) is 18.0 Å². The molecule has 3 rings (SSSR count). The number of nitrogens with one attached hydrogen (secondary N) is 1. The second-order valence-corrected chi connectivity index (χ2v) is 10.2. The average Bonchev–Trinajstić information content (AvgIpc) is 2.60. The number of carbonyl (C=O) groups is 1. The number of para-hydroxylation sites is 1. The number of sulfonamides is 1. The van der Waals surface area contributed by atoms with E-state index >= 15 is 0 Å². The van der Waals surface area contributed by atoms with Crippen LogP contribution in [-0.2, 0) is 14.8 Å². The molecule has 1 aliphatic heterocycles. The fourth-order valence-electron chi connectivity index (χ4n) is 3.44. The topological polar surface area (TPSA) is 75.7 Å². The van der Waals surface area contributed by atoms with Gasteiger partial charge in [-0.15, -0.1) is 0 Å². The summed E-state index contributed by atoms with van der Waals surface area (Å²) in [7, 11) is -3.68. The van der Waals surface area contributed by atoms with Crippen LogP contribution in [0, 0.1) is 6.92 Å². The first-order valence-corrected chi connectivity index (χ1v) is 11.5. The van der Waals surface area contributed by atoms with Gasteiger partial charge in [0.25, 0.3) is 0 Å². The highest BCUT2D eigenvalue weighted by Crippen LogP contribution is 2.39. The minimum absolute atomic E-state index is 0.273. The Morgan fingerprint density at radius 2 is 1.97 bits per heavy atom. The number of halogens is 1. The molecule has 6 nitrogen and oxygen atoms in total. The summed E-state index contributed by atoms with van der Waals surface area (Å²) in [4.78, 5) is 12.8. The molecule has 0 aromatic heterocycles. The van der Waals surface area contributed by atoms with Crippen LogP contribution in [0.2, 0.25) is 5.02 Å². The molecule has 2 aromatic carbocycles. The molecule has 1 aliphatic rings. The zero-order chi connectivity index (χ0) is 21.4. The van der Waals surface area contributed by atoms with E-state index in [1.165, 1.54) is 0 Å². The van der Waals surface area contributed by atoms with Gasteiger partial charge in [0.15, 0.2) is 0 Å². The maximum atomic E-state index is 12.8. The van der Waals surface area contributed by atoms with Crippen molar-refractivity contribution in [1.82, 2.24) is 5.32 Å². The Morgan fingerprint density at radius 1 is 1.28 bits per heavy atom. The molecule has 8 heteroatoms. The molecular formula is C21H25ClN2O4S. The largest absolute Gasteiger partial charge is 0.487 e. The monoisotopic (exact) mass is 436 g/mol. The molecule has 0 saturated carbocycles. The third-order valence-corrected chi connectivity index (χ3v) is 6.39. The van der Waals surface area contributed by atoms with Crippen molar-refractivity contribution in [2.75, 3.05) is 17.1 Å². The standard InChI is InChI=1S/C21H25ClN2O4S/c1-14-9-10-15(11-17(14)22)24(29(4,26)27)13-20(25)23-18-12-21(2,3)28-19-8-6-5-7-16(18)19/h5-11,18H,12-13H2,1-4H3,(H,23,25)/t18-/m0/s1. The molecule has 0 aliphatic carbocycles. The Balaban J connectivity index is 1.83. The van der Waals surface area contributed by atoms with Crippen LogP contribution in [0.25, 0.3) is 0 Å². The molecule has 156 valence electrons. The fraction of sp³-hybridized carbons (Fsp3) is 0.381. The number of ether oxygens (including phenoxy) is 1. The third kappa shape index (κ3) is 5.03. The average molecular weight is 437 g/mol. The van der Waals surface area contributed by atoms with Gasteiger partial charge in [-0.05, 0) is 44.5 Å². The lowest BCUT2D eigenvalue weighted by Gasteiger charge is -2.38. The van der Waals surface area contributed by atoms with Crippen molar-refractivity contribution in [3.63, 3.8) is 0 Å². The van der Waals surface area contributed by atoms with Gasteiger partial charge in [-0.1, -0.05) is 35.9 Å². The molecule has 29 heavy (non-hydrogen) atoms. The van der Waals surface area contributed by atoms with Gasteiger partial charge < -0.3 is 10.1 Å². The number of nitrogens with zero attached hydrogens (tertiary/aromatic N) is 1. The number of aryl methyl sites for hydroxylation is 1. The van der Waals surface area contributed by atoms with E-state index < -0.39 is 21.5 Å². The second kappa shape index (κ2) is 7.88. The van der Waals surface area contributed by atoms with E-state index in [1.54, 1.807) is 18.2 Å². The number of hydrogen-bond donors (Lipinski definition) is 1. The molecule has 2 aromatic rings. The van der Waals surface area contributed by atoms with E-state index in [0.29, 0.717) is 17.1 Å². The first-order chi connectivity index (χ1) is 13.5. The van der Waals surface area contributed by atoms with Crippen molar-refractivity contribution < 1.29 is 17.9 Å². The van der Waals surface area contributed by atoms with Crippen LogP contribution in [-0.4, -0.2) is 32.7 Å². The molecule has 0 bridgehead atoms. The van der Waals surface area contributed by atoms with Crippen molar-refractivity contribution in [2.45, 2.75) is 38.8 Å². The number of amides is 1. The van der Waals surface area contributed by atoms with E-state index in [9.17, 15) is 13.2 Å². The molecule has 1 N–H and O–H groups in total. The number of benzene rings is 2. The minimum Gasteiger partial charge on any atom is -0.487 e. The van der Waals surface area contributed by atoms with Gasteiger partial charge in [-0.3, -0.25) is 9.10 Å². The zero-order valence-electron chi connectivity index (χ0n) is 16.9. The zero-order valence-corrected chi connectivity index (χ0v) is 18.5. The smallest absolute Gasteiger partial charge is 0.241 e. The van der Waals surface area contributed by atoms with E-state index in [0.717, 1.165) is 27.4 Å². The lowest BCUT2D eigenvalue weighted by atomic mass is 9.89. The first-order valence-electron chi connectivity index (χ1n) is 9.27. The molecule has 0 unspecified atom stereocenters. The van der Waals surface area contributed by atoms with E-state index in [2.05, 4.69) is 5.32 Å². The van der Waals surface area contributed by atoms with Gasteiger partial charge in [0, 0.05) is 17.0 Å². The minimum atomic E-state index is -3.68. The van der Waals surface area contributed by atoms with Crippen LogP contribution in [0.15, 0.2) is 42.5 Å². The quantitative estimate of drug-likeness (QED) is 0.772. The molecule has 0 spiro atoms. The number of rotatable bonds is 5. The normalized spacial score (nSPS) is 17.8. The number of hydrogen-bond acceptors (Lipinski definition) is 4. The predicted molar refractivity (Wildman–Crippen MR) is 115 cm³/mol. The molecule has 0 fully saturated rings. The summed E-state index contributed by atoms with van der Waals surface area (Å²) in [6.07, 6.45) is 1.64. The molecule has 0 saturated heterocycles. The molecule has 1 amide bonds. The summed E-state index contributed by atoms with van der Waals surface area (Å²) < 4.78 is 31.7. The lowest BCUT2D eigenvalue weighted by molar-refractivity contribution is -0.120. The molecule has 1 atom stereocenters. The highest BCUT2D eigenvalue weighted by molar-refractivity contribution is 7.92. The van der Waals surface area contributed by atoms with E-state index in [1.807, 2.05) is 45.0 Å². The van der Waals surface area contributed by atoms with Crippen LogP contribution >= 0.6 is 11.6 Å². The fourth-order valence-corrected chi connectivity index (χ4v) is 4.46. The number of anilines is 1. The summed E-state index contributed by atoms with van der Waals surface area (Å²) in [5.74, 6) is 0.323.